The average Bonchev–Trinajstić information content (AvgIpc) is 2.48. The van der Waals surface area contributed by atoms with Gasteiger partial charge in [-0.1, -0.05) is 13.8 Å². The fraction of sp³-hybridized carbons (Fsp3) is 0.909. The molecule has 0 aromatic carbocycles. The first-order valence-corrected chi connectivity index (χ1v) is 5.90. The van der Waals surface area contributed by atoms with Crippen molar-refractivity contribution in [3.8, 4) is 0 Å². The van der Waals surface area contributed by atoms with Crippen molar-refractivity contribution in [1.82, 2.24) is 15.5 Å². The highest BCUT2D eigenvalue weighted by Gasteiger charge is 2.45. The zero-order valence-corrected chi connectivity index (χ0v) is 9.68. The second-order valence-corrected chi connectivity index (χ2v) is 5.17. The first kappa shape index (κ1) is 10.7. The largest absolute Gasteiger partial charge is 0.336 e. The van der Waals surface area contributed by atoms with Crippen molar-refractivity contribution in [2.24, 2.45) is 5.92 Å². The minimum atomic E-state index is 0.0552. The highest BCUT2D eigenvalue weighted by Crippen LogP contribution is 2.28. The molecule has 1 unspecified atom stereocenters. The van der Waals surface area contributed by atoms with Crippen molar-refractivity contribution in [3.05, 3.63) is 0 Å². The second-order valence-electron chi connectivity index (χ2n) is 5.17. The number of nitrogens with one attached hydrogen (secondary N) is 2. The molecular weight excluding hydrogens is 190 g/mol. The molecule has 4 nitrogen and oxygen atoms in total. The summed E-state index contributed by atoms with van der Waals surface area (Å²) in [7, 11) is 0. The lowest BCUT2D eigenvalue weighted by Crippen LogP contribution is -2.57. The lowest BCUT2D eigenvalue weighted by Gasteiger charge is -2.41. The van der Waals surface area contributed by atoms with E-state index in [4.69, 9.17) is 0 Å². The molecule has 15 heavy (non-hydrogen) atoms. The molecule has 2 heterocycles. The van der Waals surface area contributed by atoms with Crippen LogP contribution in [0, 0.1) is 5.92 Å². The van der Waals surface area contributed by atoms with Crippen molar-refractivity contribution in [2.75, 3.05) is 26.2 Å². The van der Waals surface area contributed by atoms with Crippen LogP contribution in [-0.4, -0.2) is 42.6 Å². The molecule has 0 bridgehead atoms. The number of carbonyl (C=O) groups is 1. The molecule has 0 aliphatic carbocycles. The maximum atomic E-state index is 11.8. The van der Waals surface area contributed by atoms with Crippen LogP contribution in [0.2, 0.25) is 0 Å². The fourth-order valence-electron chi connectivity index (χ4n) is 2.62. The summed E-state index contributed by atoms with van der Waals surface area (Å²) in [6.45, 7) is 8.04. The van der Waals surface area contributed by atoms with E-state index in [1.54, 1.807) is 0 Å². The SMILES string of the molecule is CC(C)CN1C(=O)NCC12CCCNC2. The van der Waals surface area contributed by atoms with Crippen LogP contribution in [0.25, 0.3) is 0 Å². The quantitative estimate of drug-likeness (QED) is 0.709. The van der Waals surface area contributed by atoms with Gasteiger partial charge in [-0.05, 0) is 25.3 Å². The van der Waals surface area contributed by atoms with Gasteiger partial charge in [-0.2, -0.15) is 0 Å². The topological polar surface area (TPSA) is 44.4 Å². The summed E-state index contributed by atoms with van der Waals surface area (Å²) < 4.78 is 0. The third-order valence-corrected chi connectivity index (χ3v) is 3.38. The van der Waals surface area contributed by atoms with Crippen molar-refractivity contribution in [3.63, 3.8) is 0 Å². The van der Waals surface area contributed by atoms with Crippen molar-refractivity contribution >= 4 is 6.03 Å². The Morgan fingerprint density at radius 3 is 2.87 bits per heavy atom. The molecular formula is C11H21N3O. The highest BCUT2D eigenvalue weighted by molar-refractivity contribution is 5.78. The summed E-state index contributed by atoms with van der Waals surface area (Å²) in [5.41, 5.74) is 0.0552. The van der Waals surface area contributed by atoms with Crippen molar-refractivity contribution in [2.45, 2.75) is 32.2 Å². The highest BCUT2D eigenvalue weighted by atomic mass is 16.2. The summed E-state index contributed by atoms with van der Waals surface area (Å²) in [5.74, 6) is 0.535. The summed E-state index contributed by atoms with van der Waals surface area (Å²) in [4.78, 5) is 13.8. The zero-order chi connectivity index (χ0) is 10.9. The third-order valence-electron chi connectivity index (χ3n) is 3.38. The molecule has 1 spiro atoms. The summed E-state index contributed by atoms with van der Waals surface area (Å²) in [5, 5.41) is 6.39. The van der Waals surface area contributed by atoms with E-state index in [0.717, 1.165) is 32.6 Å². The number of piperidine rings is 1. The van der Waals surface area contributed by atoms with Gasteiger partial charge >= 0.3 is 6.03 Å². The molecule has 2 aliphatic heterocycles. The molecule has 2 fully saturated rings. The summed E-state index contributed by atoms with van der Waals surface area (Å²) in [6.07, 6.45) is 2.30. The number of nitrogens with zero attached hydrogens (tertiary/aromatic N) is 1. The third kappa shape index (κ3) is 1.95. The van der Waals surface area contributed by atoms with Crippen LogP contribution in [0.1, 0.15) is 26.7 Å². The minimum absolute atomic E-state index is 0.0552. The molecule has 86 valence electrons. The number of carbonyl (C=O) groups excluding carboxylic acids is 1. The Morgan fingerprint density at radius 1 is 1.47 bits per heavy atom. The molecule has 2 N–H and O–H groups in total. The van der Waals surface area contributed by atoms with Gasteiger partial charge < -0.3 is 15.5 Å². The predicted molar refractivity (Wildman–Crippen MR) is 59.8 cm³/mol. The van der Waals surface area contributed by atoms with E-state index in [1.165, 1.54) is 6.42 Å². The molecule has 2 rings (SSSR count). The monoisotopic (exact) mass is 211 g/mol. The van der Waals surface area contributed by atoms with E-state index in [1.807, 2.05) is 4.90 Å². The van der Waals surface area contributed by atoms with Gasteiger partial charge in [-0.15, -0.1) is 0 Å². The molecule has 0 aromatic rings. The standard InChI is InChI=1S/C11H21N3O/c1-9(2)6-14-10(15)13-8-11(14)4-3-5-12-7-11/h9,12H,3-8H2,1-2H3,(H,13,15). The van der Waals surface area contributed by atoms with Gasteiger partial charge in [0.05, 0.1) is 5.54 Å². The lowest BCUT2D eigenvalue weighted by molar-refractivity contribution is 0.119. The number of amides is 2. The Bertz CT molecular complexity index is 246. The van der Waals surface area contributed by atoms with Crippen molar-refractivity contribution in [1.29, 1.82) is 0 Å². The van der Waals surface area contributed by atoms with Gasteiger partial charge in [-0.25, -0.2) is 4.79 Å². The zero-order valence-electron chi connectivity index (χ0n) is 9.68. The predicted octanol–water partition coefficient (Wildman–Crippen LogP) is 0.790. The van der Waals surface area contributed by atoms with Crippen LogP contribution < -0.4 is 10.6 Å². The molecule has 0 saturated carbocycles. The maximum Gasteiger partial charge on any atom is 0.318 e. The van der Waals surface area contributed by atoms with Crippen LogP contribution in [0.5, 0.6) is 0 Å². The number of rotatable bonds is 2. The van der Waals surface area contributed by atoms with Crippen LogP contribution in [0.3, 0.4) is 0 Å². The molecule has 1 atom stereocenters. The second kappa shape index (κ2) is 4.00. The van der Waals surface area contributed by atoms with Gasteiger partial charge in [0.25, 0.3) is 0 Å². The molecule has 2 saturated heterocycles. The minimum Gasteiger partial charge on any atom is -0.336 e. The molecule has 2 aliphatic rings. The Hall–Kier alpha value is -0.770. The van der Waals surface area contributed by atoms with E-state index in [2.05, 4.69) is 24.5 Å². The van der Waals surface area contributed by atoms with Gasteiger partial charge in [0.15, 0.2) is 0 Å². The molecule has 4 heteroatoms. The Labute approximate surface area is 91.4 Å². The van der Waals surface area contributed by atoms with E-state index < -0.39 is 0 Å². The van der Waals surface area contributed by atoms with Crippen LogP contribution in [-0.2, 0) is 0 Å². The molecule has 0 radical (unpaired) electrons. The van der Waals surface area contributed by atoms with Crippen molar-refractivity contribution < 1.29 is 4.79 Å². The van der Waals surface area contributed by atoms with Crippen LogP contribution >= 0.6 is 0 Å². The van der Waals surface area contributed by atoms with Gasteiger partial charge in [0, 0.05) is 19.6 Å². The molecule has 0 aromatic heterocycles. The van der Waals surface area contributed by atoms with E-state index >= 15 is 0 Å². The number of hydrogen-bond donors (Lipinski definition) is 2. The Kier molecular flexibility index (Phi) is 2.87. The van der Waals surface area contributed by atoms with Gasteiger partial charge in [-0.3, -0.25) is 0 Å². The van der Waals surface area contributed by atoms with Crippen LogP contribution in [0.15, 0.2) is 0 Å². The first-order valence-electron chi connectivity index (χ1n) is 5.90. The fourth-order valence-corrected chi connectivity index (χ4v) is 2.62. The smallest absolute Gasteiger partial charge is 0.318 e. The summed E-state index contributed by atoms with van der Waals surface area (Å²) in [6, 6.07) is 0.118. The van der Waals surface area contributed by atoms with Gasteiger partial charge in [0.2, 0.25) is 0 Å². The van der Waals surface area contributed by atoms with Gasteiger partial charge in [0.1, 0.15) is 0 Å². The van der Waals surface area contributed by atoms with Crippen LogP contribution in [0.4, 0.5) is 4.79 Å². The maximum absolute atomic E-state index is 11.8. The number of hydrogen-bond acceptors (Lipinski definition) is 2. The number of urea groups is 1. The van der Waals surface area contributed by atoms with E-state index in [0.29, 0.717) is 5.92 Å². The normalized spacial score (nSPS) is 31.4. The Balaban J connectivity index is 2.11. The first-order chi connectivity index (χ1) is 7.14. The molecule has 2 amide bonds. The van der Waals surface area contributed by atoms with E-state index in [-0.39, 0.29) is 11.6 Å². The Morgan fingerprint density at radius 2 is 2.27 bits per heavy atom. The lowest BCUT2D eigenvalue weighted by atomic mass is 9.89. The average molecular weight is 211 g/mol. The van der Waals surface area contributed by atoms with E-state index in [9.17, 15) is 4.79 Å². The summed E-state index contributed by atoms with van der Waals surface area (Å²) >= 11 is 0.